The largest absolute Gasteiger partial charge is 0.497 e. The Balaban J connectivity index is 1.90. The van der Waals surface area contributed by atoms with Crippen molar-refractivity contribution in [1.29, 1.82) is 0 Å². The monoisotopic (exact) mass is 275 g/mol. The van der Waals surface area contributed by atoms with E-state index in [0.717, 1.165) is 30.0 Å². The van der Waals surface area contributed by atoms with E-state index in [-0.39, 0.29) is 0 Å². The molecule has 1 aliphatic carbocycles. The van der Waals surface area contributed by atoms with Crippen LogP contribution >= 0.6 is 12.2 Å². The fourth-order valence-electron chi connectivity index (χ4n) is 1.82. The van der Waals surface area contributed by atoms with E-state index < -0.39 is 0 Å². The Labute approximate surface area is 118 Å². The van der Waals surface area contributed by atoms with Gasteiger partial charge in [0.15, 0.2) is 5.11 Å². The number of nitrogens with zero attached hydrogens (tertiary/aromatic N) is 1. The van der Waals surface area contributed by atoms with Gasteiger partial charge in [-0.15, -0.1) is 0 Å². The van der Waals surface area contributed by atoms with E-state index in [9.17, 15) is 0 Å². The fraction of sp³-hybridized carbons (Fsp3) is 0.286. The normalized spacial score (nSPS) is 16.1. The van der Waals surface area contributed by atoms with Crippen molar-refractivity contribution < 1.29 is 4.74 Å². The molecule has 1 aliphatic rings. The molecular formula is C14H17N3OS. The molecular weight excluding hydrogens is 258 g/mol. The van der Waals surface area contributed by atoms with Crippen LogP contribution in [0.15, 0.2) is 41.0 Å². The Morgan fingerprint density at radius 2 is 2.21 bits per heavy atom. The maximum Gasteiger partial charge on any atom is 0.191 e. The second kappa shape index (κ2) is 6.33. The maximum absolute atomic E-state index is 5.19. The summed E-state index contributed by atoms with van der Waals surface area (Å²) in [4.78, 5) is 0. The molecule has 0 saturated carbocycles. The predicted octanol–water partition coefficient (Wildman–Crippen LogP) is 3.08. The van der Waals surface area contributed by atoms with Gasteiger partial charge in [-0.05, 0) is 50.2 Å². The molecule has 0 saturated heterocycles. The zero-order chi connectivity index (χ0) is 13.7. The zero-order valence-corrected chi connectivity index (χ0v) is 11.9. The second-order valence-electron chi connectivity index (χ2n) is 4.39. The lowest BCUT2D eigenvalue weighted by atomic mass is 10.3. The van der Waals surface area contributed by atoms with Crippen molar-refractivity contribution in [2.45, 2.75) is 19.8 Å². The highest BCUT2D eigenvalue weighted by Gasteiger charge is 2.06. The van der Waals surface area contributed by atoms with E-state index in [2.05, 4.69) is 28.8 Å². The van der Waals surface area contributed by atoms with Crippen molar-refractivity contribution in [3.8, 4) is 5.75 Å². The number of benzene rings is 1. The Morgan fingerprint density at radius 3 is 2.89 bits per heavy atom. The highest BCUT2D eigenvalue weighted by molar-refractivity contribution is 7.80. The van der Waals surface area contributed by atoms with Crippen molar-refractivity contribution in [2.75, 3.05) is 12.4 Å². The van der Waals surface area contributed by atoms with Crippen LogP contribution in [0, 0.1) is 0 Å². The minimum atomic E-state index is 0.471. The highest BCUT2D eigenvalue weighted by atomic mass is 32.1. The molecule has 0 amide bonds. The zero-order valence-electron chi connectivity index (χ0n) is 11.1. The molecule has 1 aromatic rings. The maximum atomic E-state index is 5.19. The lowest BCUT2D eigenvalue weighted by Crippen LogP contribution is -2.24. The van der Waals surface area contributed by atoms with E-state index in [1.54, 1.807) is 7.11 Å². The minimum absolute atomic E-state index is 0.471. The minimum Gasteiger partial charge on any atom is -0.497 e. The van der Waals surface area contributed by atoms with E-state index >= 15 is 0 Å². The van der Waals surface area contributed by atoms with Gasteiger partial charge in [-0.25, -0.2) is 0 Å². The molecule has 0 unspecified atom stereocenters. The standard InChI is InChI=1S/C14H17N3OS/c1-10-6-7-12(8-10)16-17-14(19)15-11-4-3-5-13(9-11)18-2/h3-5,8-9H,6-7H2,1-2H3,(H2,15,17,19)/b16-12+. The molecule has 0 spiro atoms. The quantitative estimate of drug-likeness (QED) is 0.657. The van der Waals surface area contributed by atoms with Crippen LogP contribution in [-0.4, -0.2) is 17.9 Å². The van der Waals surface area contributed by atoms with Gasteiger partial charge in [0.2, 0.25) is 0 Å². The highest BCUT2D eigenvalue weighted by Crippen LogP contribution is 2.17. The number of hydrogen-bond acceptors (Lipinski definition) is 3. The molecule has 0 bridgehead atoms. The molecule has 1 aromatic carbocycles. The summed E-state index contributed by atoms with van der Waals surface area (Å²) in [6.45, 7) is 2.11. The van der Waals surface area contributed by atoms with Gasteiger partial charge in [-0.3, -0.25) is 5.43 Å². The number of hydrazone groups is 1. The van der Waals surface area contributed by atoms with Crippen LogP contribution in [0.5, 0.6) is 5.75 Å². The molecule has 0 radical (unpaired) electrons. The second-order valence-corrected chi connectivity index (χ2v) is 4.80. The lowest BCUT2D eigenvalue weighted by Gasteiger charge is -2.08. The topological polar surface area (TPSA) is 45.6 Å². The Morgan fingerprint density at radius 1 is 1.37 bits per heavy atom. The van der Waals surface area contributed by atoms with Gasteiger partial charge in [-0.1, -0.05) is 11.6 Å². The van der Waals surface area contributed by atoms with Gasteiger partial charge in [0, 0.05) is 11.8 Å². The fourth-order valence-corrected chi connectivity index (χ4v) is 1.99. The third-order valence-electron chi connectivity index (χ3n) is 2.82. The molecule has 0 aliphatic heterocycles. The van der Waals surface area contributed by atoms with Crippen LogP contribution < -0.4 is 15.5 Å². The number of allylic oxidation sites excluding steroid dienone is 2. The Kier molecular flexibility index (Phi) is 4.52. The number of nitrogens with one attached hydrogen (secondary N) is 2. The van der Waals surface area contributed by atoms with Crippen molar-refractivity contribution in [3.05, 3.63) is 35.9 Å². The van der Waals surface area contributed by atoms with Crippen molar-refractivity contribution in [3.63, 3.8) is 0 Å². The first-order valence-electron chi connectivity index (χ1n) is 6.12. The SMILES string of the molecule is COc1cccc(NC(=S)N/N=C2/C=C(C)CC2)c1. The van der Waals surface area contributed by atoms with Crippen molar-refractivity contribution in [1.82, 2.24) is 5.43 Å². The summed E-state index contributed by atoms with van der Waals surface area (Å²) in [6, 6.07) is 7.58. The number of anilines is 1. The van der Waals surface area contributed by atoms with E-state index in [0.29, 0.717) is 5.11 Å². The molecule has 0 aromatic heterocycles. The number of methoxy groups -OCH3 is 1. The molecule has 0 heterocycles. The summed E-state index contributed by atoms with van der Waals surface area (Å²) in [5, 5.41) is 7.80. The number of ether oxygens (including phenoxy) is 1. The first-order chi connectivity index (χ1) is 9.17. The third kappa shape index (κ3) is 4.06. The first kappa shape index (κ1) is 13.5. The number of hydrogen-bond donors (Lipinski definition) is 2. The van der Waals surface area contributed by atoms with E-state index in [1.807, 2.05) is 24.3 Å². The molecule has 0 atom stereocenters. The molecule has 19 heavy (non-hydrogen) atoms. The van der Waals surface area contributed by atoms with Gasteiger partial charge in [0.05, 0.1) is 12.8 Å². The summed E-state index contributed by atoms with van der Waals surface area (Å²) < 4.78 is 5.15. The predicted molar refractivity (Wildman–Crippen MR) is 82.8 cm³/mol. The third-order valence-corrected chi connectivity index (χ3v) is 3.01. The van der Waals surface area contributed by atoms with Gasteiger partial charge in [0.25, 0.3) is 0 Å². The number of rotatable bonds is 3. The number of thiocarbonyl (C=S) groups is 1. The average molecular weight is 275 g/mol. The van der Waals surface area contributed by atoms with Crippen molar-refractivity contribution in [2.24, 2.45) is 5.10 Å². The molecule has 0 fully saturated rings. The lowest BCUT2D eigenvalue weighted by molar-refractivity contribution is 0.415. The van der Waals surface area contributed by atoms with Crippen LogP contribution in [0.3, 0.4) is 0 Å². The smallest absolute Gasteiger partial charge is 0.191 e. The summed E-state index contributed by atoms with van der Waals surface area (Å²) in [7, 11) is 1.64. The van der Waals surface area contributed by atoms with Gasteiger partial charge in [-0.2, -0.15) is 5.10 Å². The van der Waals surface area contributed by atoms with E-state index in [4.69, 9.17) is 17.0 Å². The molecule has 2 rings (SSSR count). The van der Waals surface area contributed by atoms with Gasteiger partial charge < -0.3 is 10.1 Å². The summed E-state index contributed by atoms with van der Waals surface area (Å²) >= 11 is 5.19. The van der Waals surface area contributed by atoms with E-state index in [1.165, 1.54) is 5.57 Å². The van der Waals surface area contributed by atoms with Crippen LogP contribution in [-0.2, 0) is 0 Å². The van der Waals surface area contributed by atoms with Gasteiger partial charge in [0.1, 0.15) is 5.75 Å². The van der Waals surface area contributed by atoms with Crippen LogP contribution in [0.1, 0.15) is 19.8 Å². The Bertz CT molecular complexity index is 537. The molecule has 2 N–H and O–H groups in total. The van der Waals surface area contributed by atoms with Crippen molar-refractivity contribution >= 4 is 28.7 Å². The first-order valence-corrected chi connectivity index (χ1v) is 6.53. The average Bonchev–Trinajstić information content (AvgIpc) is 2.82. The molecule has 5 heteroatoms. The van der Waals surface area contributed by atoms with Crippen LogP contribution in [0.25, 0.3) is 0 Å². The summed E-state index contributed by atoms with van der Waals surface area (Å²) in [6.07, 6.45) is 4.14. The molecule has 100 valence electrons. The van der Waals surface area contributed by atoms with Crippen LogP contribution in [0.2, 0.25) is 0 Å². The summed E-state index contributed by atoms with van der Waals surface area (Å²) in [5.41, 5.74) is 6.11. The molecule has 4 nitrogen and oxygen atoms in total. The van der Waals surface area contributed by atoms with Gasteiger partial charge >= 0.3 is 0 Å². The summed E-state index contributed by atoms with van der Waals surface area (Å²) in [5.74, 6) is 0.786. The van der Waals surface area contributed by atoms with Crippen LogP contribution in [0.4, 0.5) is 5.69 Å². The Hall–Kier alpha value is -1.88.